The molecule has 3 aromatic rings. The Balaban J connectivity index is 1.87. The predicted molar refractivity (Wildman–Crippen MR) is 95.1 cm³/mol. The Bertz CT molecular complexity index is 941. The molecule has 0 spiro atoms. The molecule has 1 fully saturated rings. The highest BCUT2D eigenvalue weighted by atomic mass is 35.5. The van der Waals surface area contributed by atoms with Crippen molar-refractivity contribution in [1.29, 1.82) is 0 Å². The fraction of sp³-hybridized carbons (Fsp3) is 0.278. The topological polar surface area (TPSA) is 87.1 Å². The lowest BCUT2D eigenvalue weighted by Gasteiger charge is -2.18. The third-order valence-corrected chi connectivity index (χ3v) is 4.54. The van der Waals surface area contributed by atoms with E-state index in [1.54, 1.807) is 18.2 Å². The lowest BCUT2D eigenvalue weighted by atomic mass is 10.0. The van der Waals surface area contributed by atoms with Gasteiger partial charge in [-0.2, -0.15) is 0 Å². The van der Waals surface area contributed by atoms with E-state index in [0.29, 0.717) is 36.3 Å². The van der Waals surface area contributed by atoms with Crippen molar-refractivity contribution in [3.63, 3.8) is 0 Å². The van der Waals surface area contributed by atoms with E-state index in [1.807, 2.05) is 0 Å². The number of rotatable bonds is 3. The van der Waals surface area contributed by atoms with E-state index in [2.05, 4.69) is 15.0 Å². The maximum absolute atomic E-state index is 14.6. The summed E-state index contributed by atoms with van der Waals surface area (Å²) in [5.74, 6) is 0.452. The molecule has 1 aliphatic rings. The van der Waals surface area contributed by atoms with E-state index in [4.69, 9.17) is 26.5 Å². The number of hydrogen-bond acceptors (Lipinski definition) is 6. The van der Waals surface area contributed by atoms with Gasteiger partial charge in [-0.1, -0.05) is 6.07 Å². The number of nitrogens with two attached hydrogens (primary N) is 1. The van der Waals surface area contributed by atoms with Crippen LogP contribution in [0.2, 0.25) is 5.28 Å². The minimum atomic E-state index is -0.541. The second-order valence-corrected chi connectivity index (χ2v) is 6.37. The maximum Gasteiger partial charge on any atom is 0.222 e. The van der Waals surface area contributed by atoms with Crippen LogP contribution in [0, 0.1) is 5.82 Å². The highest BCUT2D eigenvalue weighted by molar-refractivity contribution is 6.28. The highest BCUT2D eigenvalue weighted by Gasteiger charge is 2.27. The molecule has 0 amide bonds. The standard InChI is InChI=1S/C18H16ClFN4O2/c19-18-22-7-4-13(23-18)16-15(11-2-1-3-12(21)14(11)20)24-17(26-16)10-5-8-25-9-6-10/h1-4,7,10H,5-6,8-9,21H2. The Labute approximate surface area is 154 Å². The molecule has 8 heteroatoms. The van der Waals surface area contributed by atoms with Gasteiger partial charge in [0, 0.05) is 30.9 Å². The molecule has 0 radical (unpaired) electrons. The van der Waals surface area contributed by atoms with Crippen molar-refractivity contribution < 1.29 is 13.5 Å². The number of aromatic nitrogens is 3. The first-order valence-corrected chi connectivity index (χ1v) is 8.63. The van der Waals surface area contributed by atoms with Crippen molar-refractivity contribution >= 4 is 17.3 Å². The SMILES string of the molecule is Nc1cccc(-c2nc(C3CCOCC3)oc2-c2ccnc(Cl)n2)c1F. The van der Waals surface area contributed by atoms with Gasteiger partial charge in [0.25, 0.3) is 0 Å². The fourth-order valence-corrected chi connectivity index (χ4v) is 3.15. The molecule has 0 saturated carbocycles. The normalized spacial score (nSPS) is 15.3. The molecule has 2 N–H and O–H groups in total. The largest absolute Gasteiger partial charge is 0.438 e. The number of hydrogen-bond donors (Lipinski definition) is 1. The third-order valence-electron chi connectivity index (χ3n) is 4.36. The summed E-state index contributed by atoms with van der Waals surface area (Å²) < 4.78 is 26.0. The van der Waals surface area contributed by atoms with Crippen molar-refractivity contribution in [3.05, 3.63) is 47.5 Å². The molecule has 1 aromatic carbocycles. The molecule has 1 aliphatic heterocycles. The van der Waals surface area contributed by atoms with E-state index in [-0.39, 0.29) is 22.5 Å². The van der Waals surface area contributed by atoms with Crippen molar-refractivity contribution in [2.24, 2.45) is 0 Å². The van der Waals surface area contributed by atoms with Crippen LogP contribution < -0.4 is 5.73 Å². The number of oxazole rings is 1. The van der Waals surface area contributed by atoms with Gasteiger partial charge in [-0.3, -0.25) is 0 Å². The van der Waals surface area contributed by atoms with E-state index >= 15 is 0 Å². The lowest BCUT2D eigenvalue weighted by molar-refractivity contribution is 0.0796. The number of halogens is 2. The van der Waals surface area contributed by atoms with Crippen LogP contribution in [0.25, 0.3) is 22.7 Å². The van der Waals surface area contributed by atoms with Crippen LogP contribution >= 0.6 is 11.6 Å². The molecule has 0 aliphatic carbocycles. The number of nitrogens with zero attached hydrogens (tertiary/aromatic N) is 3. The number of benzene rings is 1. The first-order valence-electron chi connectivity index (χ1n) is 8.25. The van der Waals surface area contributed by atoms with Gasteiger partial charge in [-0.15, -0.1) is 0 Å². The lowest BCUT2D eigenvalue weighted by Crippen LogP contribution is -2.14. The van der Waals surface area contributed by atoms with Gasteiger partial charge in [-0.25, -0.2) is 19.3 Å². The minimum absolute atomic E-state index is 0.0461. The van der Waals surface area contributed by atoms with E-state index in [0.717, 1.165) is 12.8 Å². The van der Waals surface area contributed by atoms with Gasteiger partial charge in [-0.05, 0) is 42.6 Å². The number of anilines is 1. The maximum atomic E-state index is 14.6. The molecular formula is C18H16ClFN4O2. The van der Waals surface area contributed by atoms with Crippen LogP contribution in [0.4, 0.5) is 10.1 Å². The van der Waals surface area contributed by atoms with E-state index < -0.39 is 5.82 Å². The van der Waals surface area contributed by atoms with Crippen molar-refractivity contribution in [2.75, 3.05) is 18.9 Å². The van der Waals surface area contributed by atoms with E-state index in [1.165, 1.54) is 12.3 Å². The minimum Gasteiger partial charge on any atom is -0.438 e. The Hall–Kier alpha value is -2.51. The van der Waals surface area contributed by atoms with Crippen LogP contribution in [0.1, 0.15) is 24.7 Å². The smallest absolute Gasteiger partial charge is 0.222 e. The number of nitrogen functional groups attached to an aromatic ring is 1. The molecule has 2 aromatic heterocycles. The van der Waals surface area contributed by atoms with Gasteiger partial charge in [0.2, 0.25) is 5.28 Å². The summed E-state index contributed by atoms with van der Waals surface area (Å²) in [6, 6.07) is 6.43. The van der Waals surface area contributed by atoms with Crippen molar-refractivity contribution in [2.45, 2.75) is 18.8 Å². The Morgan fingerprint density at radius 3 is 2.73 bits per heavy atom. The van der Waals surface area contributed by atoms with Crippen LogP contribution in [-0.4, -0.2) is 28.2 Å². The summed E-state index contributed by atoms with van der Waals surface area (Å²) in [7, 11) is 0. The first-order chi connectivity index (χ1) is 12.6. The summed E-state index contributed by atoms with van der Waals surface area (Å²) in [6.07, 6.45) is 3.10. The van der Waals surface area contributed by atoms with E-state index in [9.17, 15) is 4.39 Å². The first kappa shape index (κ1) is 16.9. The summed E-state index contributed by atoms with van der Waals surface area (Å²) in [5.41, 5.74) is 6.82. The third kappa shape index (κ3) is 3.15. The Morgan fingerprint density at radius 2 is 1.96 bits per heavy atom. The average molecular weight is 375 g/mol. The second-order valence-electron chi connectivity index (χ2n) is 6.04. The summed E-state index contributed by atoms with van der Waals surface area (Å²) >= 11 is 5.91. The monoisotopic (exact) mass is 374 g/mol. The van der Waals surface area contributed by atoms with Gasteiger partial charge in [0.1, 0.15) is 11.4 Å². The second kappa shape index (κ2) is 7.01. The quantitative estimate of drug-likeness (QED) is 0.549. The van der Waals surface area contributed by atoms with Gasteiger partial charge in [0.15, 0.2) is 17.5 Å². The molecule has 134 valence electrons. The van der Waals surface area contributed by atoms with Gasteiger partial charge in [0.05, 0.1) is 5.69 Å². The highest BCUT2D eigenvalue weighted by Crippen LogP contribution is 2.38. The van der Waals surface area contributed by atoms with Crippen molar-refractivity contribution in [1.82, 2.24) is 15.0 Å². The molecule has 3 heterocycles. The molecule has 4 rings (SSSR count). The molecule has 0 unspecified atom stereocenters. The average Bonchev–Trinajstić information content (AvgIpc) is 3.10. The van der Waals surface area contributed by atoms with Gasteiger partial charge < -0.3 is 14.9 Å². The summed E-state index contributed by atoms with van der Waals surface area (Å²) in [4.78, 5) is 12.7. The fourth-order valence-electron chi connectivity index (χ4n) is 3.01. The molecule has 0 atom stereocenters. The Morgan fingerprint density at radius 1 is 1.15 bits per heavy atom. The zero-order valence-corrected chi connectivity index (χ0v) is 14.5. The molecule has 0 bridgehead atoms. The number of ether oxygens (including phenoxy) is 1. The Kier molecular flexibility index (Phi) is 4.57. The van der Waals surface area contributed by atoms with Crippen LogP contribution in [0.15, 0.2) is 34.9 Å². The molecule has 1 saturated heterocycles. The molecular weight excluding hydrogens is 359 g/mol. The zero-order chi connectivity index (χ0) is 18.1. The summed E-state index contributed by atoms with van der Waals surface area (Å²) in [5, 5.41) is 0.0745. The van der Waals surface area contributed by atoms with Crippen LogP contribution in [0.3, 0.4) is 0 Å². The zero-order valence-electron chi connectivity index (χ0n) is 13.8. The van der Waals surface area contributed by atoms with Gasteiger partial charge >= 0.3 is 0 Å². The van der Waals surface area contributed by atoms with Crippen LogP contribution in [-0.2, 0) is 4.74 Å². The predicted octanol–water partition coefficient (Wildman–Crippen LogP) is 4.07. The molecule has 6 nitrogen and oxygen atoms in total. The van der Waals surface area contributed by atoms with Crippen molar-refractivity contribution in [3.8, 4) is 22.7 Å². The summed E-state index contributed by atoms with van der Waals surface area (Å²) in [6.45, 7) is 1.29. The van der Waals surface area contributed by atoms with Crippen LogP contribution in [0.5, 0.6) is 0 Å². The molecule has 26 heavy (non-hydrogen) atoms.